The van der Waals surface area contributed by atoms with Gasteiger partial charge in [0.1, 0.15) is 0 Å². The van der Waals surface area contributed by atoms with Crippen LogP contribution in [0.4, 0.5) is 0 Å². The molecule has 0 aromatic rings. The Labute approximate surface area is 71.3 Å². The van der Waals surface area contributed by atoms with Gasteiger partial charge >= 0.3 is 0 Å². The van der Waals surface area contributed by atoms with E-state index in [0.29, 0.717) is 18.6 Å². The van der Waals surface area contributed by atoms with E-state index in [9.17, 15) is 9.59 Å². The molecule has 0 heterocycles. The summed E-state index contributed by atoms with van der Waals surface area (Å²) in [4.78, 5) is 20.3. The van der Waals surface area contributed by atoms with Crippen molar-refractivity contribution >= 4 is 12.7 Å². The molecule has 2 atom stereocenters. The van der Waals surface area contributed by atoms with Crippen molar-refractivity contribution < 1.29 is 14.3 Å². The van der Waals surface area contributed by atoms with Gasteiger partial charge in [-0.15, -0.1) is 0 Å². The van der Waals surface area contributed by atoms with Crippen molar-refractivity contribution in [1.29, 1.82) is 0 Å². The third kappa shape index (κ3) is 2.62. The van der Waals surface area contributed by atoms with Gasteiger partial charge < -0.3 is 10.1 Å². The van der Waals surface area contributed by atoms with E-state index >= 15 is 0 Å². The van der Waals surface area contributed by atoms with E-state index in [1.807, 2.05) is 6.92 Å². The van der Waals surface area contributed by atoms with E-state index < -0.39 is 6.23 Å². The third-order valence-electron chi connectivity index (χ3n) is 2.00. The molecule has 0 aromatic carbocycles. The van der Waals surface area contributed by atoms with E-state index in [2.05, 4.69) is 5.32 Å². The molecule has 0 radical (unpaired) electrons. The second-order valence-corrected chi connectivity index (χ2v) is 3.02. The zero-order valence-corrected chi connectivity index (χ0v) is 7.03. The topological polar surface area (TPSA) is 55.4 Å². The molecule has 0 bridgehead atoms. The first-order valence-electron chi connectivity index (χ1n) is 4.08. The molecule has 0 spiro atoms. The van der Waals surface area contributed by atoms with Crippen LogP contribution in [0.5, 0.6) is 0 Å². The minimum absolute atomic E-state index is 0.0626. The normalized spacial score (nSPS) is 21.1. The SMILES string of the molecule is CC(OC(C=O)NC=O)C1CC1. The fraction of sp³-hybridized carbons (Fsp3) is 0.750. The lowest BCUT2D eigenvalue weighted by Crippen LogP contribution is -2.35. The van der Waals surface area contributed by atoms with Crippen LogP contribution in [-0.2, 0) is 14.3 Å². The molecule has 4 nitrogen and oxygen atoms in total. The van der Waals surface area contributed by atoms with E-state index in [-0.39, 0.29) is 6.10 Å². The molecule has 12 heavy (non-hydrogen) atoms. The minimum Gasteiger partial charge on any atom is -0.348 e. The maximum absolute atomic E-state index is 10.3. The highest BCUT2D eigenvalue weighted by Crippen LogP contribution is 2.34. The lowest BCUT2D eigenvalue weighted by Gasteiger charge is -2.16. The molecule has 1 aliphatic carbocycles. The largest absolute Gasteiger partial charge is 0.348 e. The number of nitrogens with one attached hydrogen (secondary N) is 1. The standard InChI is InChI=1S/C8H13NO3/c1-6(7-2-3-7)12-8(4-10)9-5-11/h4-8H,2-3H2,1H3,(H,9,11). The van der Waals surface area contributed by atoms with Gasteiger partial charge in [0.25, 0.3) is 0 Å². The lowest BCUT2D eigenvalue weighted by atomic mass is 10.3. The first kappa shape index (κ1) is 9.19. The summed E-state index contributed by atoms with van der Waals surface area (Å²) in [5, 5.41) is 2.28. The second-order valence-electron chi connectivity index (χ2n) is 3.02. The Kier molecular flexibility index (Phi) is 3.22. The van der Waals surface area contributed by atoms with Crippen molar-refractivity contribution in [3.63, 3.8) is 0 Å². The molecule has 1 amide bonds. The molecule has 0 saturated heterocycles. The Morgan fingerprint density at radius 1 is 1.50 bits per heavy atom. The average Bonchev–Trinajstić information content (AvgIpc) is 2.85. The molecule has 0 aliphatic heterocycles. The number of aldehydes is 1. The number of carbonyl (C=O) groups excluding carboxylic acids is 2. The summed E-state index contributed by atoms with van der Waals surface area (Å²) in [6.07, 6.45) is 2.67. The molecule has 68 valence electrons. The zero-order valence-electron chi connectivity index (χ0n) is 7.03. The van der Waals surface area contributed by atoms with Crippen LogP contribution in [0.1, 0.15) is 19.8 Å². The fourth-order valence-corrected chi connectivity index (χ4v) is 1.09. The van der Waals surface area contributed by atoms with E-state index in [1.165, 1.54) is 0 Å². The van der Waals surface area contributed by atoms with Gasteiger partial charge in [-0.1, -0.05) is 0 Å². The number of ether oxygens (including phenoxy) is 1. The van der Waals surface area contributed by atoms with E-state index in [4.69, 9.17) is 4.74 Å². The van der Waals surface area contributed by atoms with Crippen LogP contribution in [0.3, 0.4) is 0 Å². The van der Waals surface area contributed by atoms with Gasteiger partial charge in [0.05, 0.1) is 6.10 Å². The summed E-state index contributed by atoms with van der Waals surface area (Å²) >= 11 is 0. The molecule has 1 rings (SSSR count). The summed E-state index contributed by atoms with van der Waals surface area (Å²) < 4.78 is 5.25. The molecule has 4 heteroatoms. The molecule has 1 N–H and O–H groups in total. The van der Waals surface area contributed by atoms with Gasteiger partial charge in [0.15, 0.2) is 12.5 Å². The number of carbonyl (C=O) groups is 2. The van der Waals surface area contributed by atoms with Crippen molar-refractivity contribution in [2.75, 3.05) is 0 Å². The number of amides is 1. The molecular weight excluding hydrogens is 158 g/mol. The predicted octanol–water partition coefficient (Wildman–Crippen LogP) is 0.0725. The highest BCUT2D eigenvalue weighted by molar-refractivity contribution is 5.61. The summed E-state index contributed by atoms with van der Waals surface area (Å²) in [7, 11) is 0. The quantitative estimate of drug-likeness (QED) is 0.454. The van der Waals surface area contributed by atoms with Crippen LogP contribution in [-0.4, -0.2) is 25.0 Å². The lowest BCUT2D eigenvalue weighted by molar-refractivity contribution is -0.130. The Balaban J connectivity index is 2.24. The summed E-state index contributed by atoms with van der Waals surface area (Å²) in [6.45, 7) is 1.92. The Morgan fingerprint density at radius 2 is 2.17 bits per heavy atom. The first-order chi connectivity index (χ1) is 5.77. The van der Waals surface area contributed by atoms with Gasteiger partial charge in [-0.3, -0.25) is 9.59 Å². The van der Waals surface area contributed by atoms with Crippen LogP contribution in [0.15, 0.2) is 0 Å². The van der Waals surface area contributed by atoms with E-state index in [1.54, 1.807) is 0 Å². The van der Waals surface area contributed by atoms with Gasteiger partial charge in [0, 0.05) is 0 Å². The maximum Gasteiger partial charge on any atom is 0.209 e. The summed E-state index contributed by atoms with van der Waals surface area (Å²) in [6, 6.07) is 0. The summed E-state index contributed by atoms with van der Waals surface area (Å²) in [5.74, 6) is 0.570. The fourth-order valence-electron chi connectivity index (χ4n) is 1.09. The van der Waals surface area contributed by atoms with Crippen molar-refractivity contribution in [3.8, 4) is 0 Å². The Morgan fingerprint density at radius 3 is 2.58 bits per heavy atom. The highest BCUT2D eigenvalue weighted by Gasteiger charge is 2.30. The molecule has 0 aromatic heterocycles. The van der Waals surface area contributed by atoms with Crippen molar-refractivity contribution in [2.45, 2.75) is 32.1 Å². The predicted molar refractivity (Wildman–Crippen MR) is 42.3 cm³/mol. The number of hydrogen-bond acceptors (Lipinski definition) is 3. The molecule has 1 saturated carbocycles. The van der Waals surface area contributed by atoms with Crippen LogP contribution in [0, 0.1) is 5.92 Å². The van der Waals surface area contributed by atoms with E-state index in [0.717, 1.165) is 12.8 Å². The number of hydrogen-bond donors (Lipinski definition) is 1. The van der Waals surface area contributed by atoms with Gasteiger partial charge in [-0.2, -0.15) is 0 Å². The number of rotatable bonds is 6. The highest BCUT2D eigenvalue weighted by atomic mass is 16.5. The molecule has 1 fully saturated rings. The van der Waals surface area contributed by atoms with Crippen molar-refractivity contribution in [2.24, 2.45) is 5.92 Å². The van der Waals surface area contributed by atoms with Crippen molar-refractivity contribution in [1.82, 2.24) is 5.32 Å². The van der Waals surface area contributed by atoms with Gasteiger partial charge in [-0.25, -0.2) is 0 Å². The minimum atomic E-state index is -0.780. The van der Waals surface area contributed by atoms with Crippen LogP contribution < -0.4 is 5.32 Å². The molecular formula is C8H13NO3. The monoisotopic (exact) mass is 171 g/mol. The summed E-state index contributed by atoms with van der Waals surface area (Å²) in [5.41, 5.74) is 0. The molecule has 2 unspecified atom stereocenters. The smallest absolute Gasteiger partial charge is 0.209 e. The van der Waals surface area contributed by atoms with Crippen LogP contribution in [0.2, 0.25) is 0 Å². The third-order valence-corrected chi connectivity index (χ3v) is 2.00. The Bertz CT molecular complexity index is 168. The first-order valence-corrected chi connectivity index (χ1v) is 4.08. The van der Waals surface area contributed by atoms with Crippen molar-refractivity contribution in [3.05, 3.63) is 0 Å². The average molecular weight is 171 g/mol. The van der Waals surface area contributed by atoms with Crippen LogP contribution in [0.25, 0.3) is 0 Å². The molecule has 1 aliphatic rings. The maximum atomic E-state index is 10.3. The van der Waals surface area contributed by atoms with Crippen LogP contribution >= 0.6 is 0 Å². The van der Waals surface area contributed by atoms with Gasteiger partial charge in [0.2, 0.25) is 6.41 Å². The zero-order chi connectivity index (χ0) is 8.97. The van der Waals surface area contributed by atoms with Gasteiger partial charge in [-0.05, 0) is 25.7 Å². The second kappa shape index (κ2) is 4.21. The Hall–Kier alpha value is -0.900.